The molecule has 0 unspecified atom stereocenters. The summed E-state index contributed by atoms with van der Waals surface area (Å²) in [5, 5.41) is 27.0. The highest BCUT2D eigenvalue weighted by Gasteiger charge is 2.25. The first kappa shape index (κ1) is 35.9. The maximum Gasteiger partial charge on any atom is 0.268 e. The highest BCUT2D eigenvalue weighted by atomic mass is 16.5. The molecule has 0 radical (unpaired) electrons. The first-order valence-electron chi connectivity index (χ1n) is 14.9. The van der Waals surface area contributed by atoms with E-state index in [-0.39, 0.29) is 25.4 Å². The van der Waals surface area contributed by atoms with Crippen molar-refractivity contribution < 1.29 is 24.7 Å². The zero-order chi connectivity index (χ0) is 32.0. The van der Waals surface area contributed by atoms with Crippen LogP contribution in [0.3, 0.4) is 0 Å². The normalized spacial score (nSPS) is 14.5. The minimum atomic E-state index is -1.30. The van der Waals surface area contributed by atoms with Gasteiger partial charge in [-0.25, -0.2) is 5.48 Å². The summed E-state index contributed by atoms with van der Waals surface area (Å²) in [5.41, 5.74) is 5.15. The van der Waals surface area contributed by atoms with Gasteiger partial charge in [0.15, 0.2) is 0 Å². The third kappa shape index (κ3) is 11.4. The number of aliphatic hydroxyl groups excluding tert-OH is 1. The van der Waals surface area contributed by atoms with Crippen molar-refractivity contribution >= 4 is 23.4 Å². The molecule has 11 nitrogen and oxygen atoms in total. The number of carbonyl (C=O) groups is 3. The number of nitrogens with zero attached hydrogens (tertiary/aromatic N) is 2. The number of anilines is 1. The van der Waals surface area contributed by atoms with E-state index in [2.05, 4.69) is 61.9 Å². The minimum Gasteiger partial charge on any atom is -0.391 e. The molecule has 1 fully saturated rings. The lowest BCUT2D eigenvalue weighted by atomic mass is 10.1. The second-order valence-electron chi connectivity index (χ2n) is 10.9. The molecule has 1 saturated heterocycles. The van der Waals surface area contributed by atoms with Gasteiger partial charge in [-0.05, 0) is 61.0 Å². The first-order chi connectivity index (χ1) is 21.8. The van der Waals surface area contributed by atoms with E-state index in [1.807, 2.05) is 18.2 Å². The van der Waals surface area contributed by atoms with E-state index in [0.29, 0.717) is 11.3 Å². The molecule has 244 valence electrons. The predicted molar refractivity (Wildman–Crippen MR) is 178 cm³/mol. The van der Waals surface area contributed by atoms with Crippen LogP contribution >= 0.6 is 0 Å². The van der Waals surface area contributed by atoms with Crippen LogP contribution in [0.15, 0.2) is 78.9 Å². The molecule has 0 bridgehead atoms. The maximum absolute atomic E-state index is 12.4. The Morgan fingerprint density at radius 3 is 2.02 bits per heavy atom. The van der Waals surface area contributed by atoms with Gasteiger partial charge in [-0.3, -0.25) is 29.4 Å². The number of aliphatic hydroxyl groups is 1. The Labute approximate surface area is 270 Å². The van der Waals surface area contributed by atoms with Crippen molar-refractivity contribution in [2.45, 2.75) is 33.0 Å². The third-order valence-corrected chi connectivity index (χ3v) is 7.43. The van der Waals surface area contributed by atoms with Crippen LogP contribution in [0.5, 0.6) is 0 Å². The number of benzene rings is 3. The topological polar surface area (TPSA) is 146 Å². The standard InChI is InChI=1S/C34H40N6O5.CH4/c1-25(41)32(34(44)38-45)37-33(43)29-13-9-26(10-14-29)7-8-27-11-15-30(16-12-27)36-31(42)23-35-17-18-39-19-21-40(22-20-39)24-28-5-3-2-4-6-28;/h2-6,9-16,25,32,35,41,45H,17-24H2,1H3,(H,36,42)(H,37,43)(H,38,44);1H4/t25-,32+;/m1./s1. The molecule has 1 aliphatic rings. The predicted octanol–water partition coefficient (Wildman–Crippen LogP) is 2.05. The first-order valence-corrected chi connectivity index (χ1v) is 14.9. The summed E-state index contributed by atoms with van der Waals surface area (Å²) in [7, 11) is 0. The van der Waals surface area contributed by atoms with Gasteiger partial charge in [0.25, 0.3) is 11.8 Å². The van der Waals surface area contributed by atoms with Crippen LogP contribution in [-0.2, 0) is 16.1 Å². The molecule has 6 N–H and O–H groups in total. The van der Waals surface area contributed by atoms with Gasteiger partial charge in [0, 0.05) is 68.2 Å². The number of amides is 3. The summed E-state index contributed by atoms with van der Waals surface area (Å²) in [4.78, 5) is 41.4. The van der Waals surface area contributed by atoms with Gasteiger partial charge in [-0.1, -0.05) is 49.6 Å². The third-order valence-electron chi connectivity index (χ3n) is 7.43. The number of hydroxylamine groups is 1. The Hall–Kier alpha value is -4.57. The fourth-order valence-corrected chi connectivity index (χ4v) is 4.84. The highest BCUT2D eigenvalue weighted by molar-refractivity contribution is 5.97. The van der Waals surface area contributed by atoms with E-state index in [4.69, 9.17) is 5.21 Å². The van der Waals surface area contributed by atoms with E-state index in [1.54, 1.807) is 36.4 Å². The van der Waals surface area contributed by atoms with Crippen LogP contribution < -0.4 is 21.4 Å². The smallest absolute Gasteiger partial charge is 0.268 e. The Bertz CT molecular complexity index is 1460. The lowest BCUT2D eigenvalue weighted by Gasteiger charge is -2.34. The SMILES string of the molecule is C.C[C@@H](O)[C@H](NC(=O)c1ccc(C#Cc2ccc(NC(=O)CNCCN3CCN(Cc4ccccc4)CC3)cc2)cc1)C(=O)NO. The molecule has 0 spiro atoms. The van der Waals surface area contributed by atoms with Crippen molar-refractivity contribution in [2.24, 2.45) is 0 Å². The van der Waals surface area contributed by atoms with E-state index < -0.39 is 24.0 Å². The van der Waals surface area contributed by atoms with Crippen molar-refractivity contribution in [3.63, 3.8) is 0 Å². The molecule has 4 rings (SSSR count). The number of hydrogen-bond donors (Lipinski definition) is 6. The van der Waals surface area contributed by atoms with Gasteiger partial charge >= 0.3 is 0 Å². The Kier molecular flexibility index (Phi) is 14.4. The van der Waals surface area contributed by atoms with Gasteiger partial charge in [-0.15, -0.1) is 0 Å². The second-order valence-corrected chi connectivity index (χ2v) is 10.9. The summed E-state index contributed by atoms with van der Waals surface area (Å²) < 4.78 is 0. The monoisotopic (exact) mass is 628 g/mol. The van der Waals surface area contributed by atoms with Crippen LogP contribution in [0.1, 0.15) is 41.4 Å². The van der Waals surface area contributed by atoms with Gasteiger partial charge in [-0.2, -0.15) is 0 Å². The highest BCUT2D eigenvalue weighted by Crippen LogP contribution is 2.11. The van der Waals surface area contributed by atoms with Crippen molar-refractivity contribution in [1.29, 1.82) is 0 Å². The van der Waals surface area contributed by atoms with Crippen molar-refractivity contribution in [3.8, 4) is 11.8 Å². The fraction of sp³-hybridized carbons (Fsp3) is 0.343. The van der Waals surface area contributed by atoms with Crippen LogP contribution in [0.4, 0.5) is 5.69 Å². The summed E-state index contributed by atoms with van der Waals surface area (Å²) in [6.07, 6.45) is -1.20. The molecule has 2 atom stereocenters. The largest absolute Gasteiger partial charge is 0.391 e. The lowest BCUT2D eigenvalue weighted by Crippen LogP contribution is -2.51. The molecule has 3 aromatic rings. The quantitative estimate of drug-likeness (QED) is 0.0774. The van der Waals surface area contributed by atoms with E-state index in [0.717, 1.165) is 51.4 Å². The zero-order valence-corrected chi connectivity index (χ0v) is 25.3. The molecule has 46 heavy (non-hydrogen) atoms. The number of carbonyl (C=O) groups excluding carboxylic acids is 3. The number of nitrogens with one attached hydrogen (secondary N) is 4. The molecule has 1 heterocycles. The number of piperazine rings is 1. The summed E-state index contributed by atoms with van der Waals surface area (Å²) in [6, 6.07) is 22.9. The molecule has 0 aliphatic carbocycles. The van der Waals surface area contributed by atoms with Crippen LogP contribution in [0, 0.1) is 11.8 Å². The summed E-state index contributed by atoms with van der Waals surface area (Å²) in [5.74, 6) is 4.47. The molecular formula is C35H44N6O5. The molecule has 0 saturated carbocycles. The fourth-order valence-electron chi connectivity index (χ4n) is 4.84. The molecule has 0 aromatic heterocycles. The zero-order valence-electron chi connectivity index (χ0n) is 25.3. The molecule has 3 aromatic carbocycles. The van der Waals surface area contributed by atoms with Crippen molar-refractivity contribution in [3.05, 3.63) is 101 Å². The van der Waals surface area contributed by atoms with E-state index >= 15 is 0 Å². The maximum atomic E-state index is 12.4. The molecule has 3 amide bonds. The Morgan fingerprint density at radius 2 is 1.43 bits per heavy atom. The van der Waals surface area contributed by atoms with E-state index in [1.165, 1.54) is 18.0 Å². The lowest BCUT2D eigenvalue weighted by molar-refractivity contribution is -0.133. The average Bonchev–Trinajstić information content (AvgIpc) is 3.06. The second kappa shape index (κ2) is 18.4. The van der Waals surface area contributed by atoms with Crippen LogP contribution in [0.2, 0.25) is 0 Å². The number of rotatable bonds is 12. The van der Waals surface area contributed by atoms with Gasteiger partial charge in [0.2, 0.25) is 5.91 Å². The number of hydrogen-bond acceptors (Lipinski definition) is 8. The Morgan fingerprint density at radius 1 is 0.848 bits per heavy atom. The van der Waals surface area contributed by atoms with Crippen molar-refractivity contribution in [1.82, 2.24) is 25.9 Å². The van der Waals surface area contributed by atoms with E-state index in [9.17, 15) is 19.5 Å². The van der Waals surface area contributed by atoms with Gasteiger partial charge in [0.05, 0.1) is 12.6 Å². The molecule has 1 aliphatic heterocycles. The molecule has 11 heteroatoms. The average molecular weight is 629 g/mol. The van der Waals surface area contributed by atoms with Crippen molar-refractivity contribution in [2.75, 3.05) is 51.1 Å². The van der Waals surface area contributed by atoms with Crippen LogP contribution in [0.25, 0.3) is 0 Å². The minimum absolute atomic E-state index is 0. The Balaban J connectivity index is 0.00000576. The molecular weight excluding hydrogens is 584 g/mol. The van der Waals surface area contributed by atoms with Gasteiger partial charge in [0.1, 0.15) is 6.04 Å². The summed E-state index contributed by atoms with van der Waals surface area (Å²) >= 11 is 0. The summed E-state index contributed by atoms with van der Waals surface area (Å²) in [6.45, 7) is 8.34. The van der Waals surface area contributed by atoms with Crippen LogP contribution in [-0.4, -0.2) is 95.8 Å². The van der Waals surface area contributed by atoms with Gasteiger partial charge < -0.3 is 21.1 Å².